The molecule has 170 valence electrons. The molecule has 0 bridgehead atoms. The topological polar surface area (TPSA) is 149 Å². The summed E-state index contributed by atoms with van der Waals surface area (Å²) in [7, 11) is 0. The third kappa shape index (κ3) is 1.44. The van der Waals surface area contributed by atoms with Crippen LogP contribution in [0.5, 0.6) is 0 Å². The van der Waals surface area contributed by atoms with Crippen LogP contribution in [-0.4, -0.2) is 75.1 Å². The van der Waals surface area contributed by atoms with Crippen LogP contribution in [0.3, 0.4) is 0 Å². The van der Waals surface area contributed by atoms with Gasteiger partial charge in [0.05, 0.1) is 16.7 Å². The minimum absolute atomic E-state index is 0.426. The van der Waals surface area contributed by atoms with Gasteiger partial charge in [-0.1, -0.05) is 27.7 Å². The van der Waals surface area contributed by atoms with E-state index in [0.717, 1.165) is 0 Å². The Bertz CT molecular complexity index is 956. The lowest BCUT2D eigenvalue weighted by Gasteiger charge is -2.47. The van der Waals surface area contributed by atoms with Gasteiger partial charge in [-0.05, 0) is 24.2 Å². The van der Waals surface area contributed by atoms with E-state index in [2.05, 4.69) is 0 Å². The number of esters is 3. The first-order valence-corrected chi connectivity index (χ1v) is 10.7. The summed E-state index contributed by atoms with van der Waals surface area (Å²) >= 11 is 0. The molecule has 2 spiro atoms. The maximum atomic E-state index is 13.5. The summed E-state index contributed by atoms with van der Waals surface area (Å²) in [6.07, 6.45) is -7.23. The second-order valence-corrected chi connectivity index (χ2v) is 11.2. The Balaban J connectivity index is 1.75. The van der Waals surface area contributed by atoms with Crippen molar-refractivity contribution in [1.82, 2.24) is 0 Å². The van der Waals surface area contributed by atoms with Crippen molar-refractivity contribution in [3.05, 3.63) is 0 Å². The van der Waals surface area contributed by atoms with Gasteiger partial charge in [-0.15, -0.1) is 0 Å². The normalized spacial score (nSPS) is 61.0. The van der Waals surface area contributed by atoms with Crippen molar-refractivity contribution >= 4 is 17.9 Å². The molecule has 3 N–H and O–H groups in total. The molecule has 0 aromatic carbocycles. The van der Waals surface area contributed by atoms with Crippen LogP contribution < -0.4 is 0 Å². The Morgan fingerprint density at radius 3 is 2.19 bits per heavy atom. The van der Waals surface area contributed by atoms with Crippen LogP contribution in [-0.2, 0) is 33.3 Å². The third-order valence-corrected chi connectivity index (χ3v) is 9.30. The van der Waals surface area contributed by atoms with Gasteiger partial charge in [-0.25, -0.2) is 9.59 Å². The van der Waals surface area contributed by atoms with E-state index in [9.17, 15) is 29.7 Å². The summed E-state index contributed by atoms with van der Waals surface area (Å²) in [6.45, 7) is 9.01. The molecule has 0 aromatic rings. The van der Waals surface area contributed by atoms with Crippen molar-refractivity contribution in [1.29, 1.82) is 0 Å². The lowest BCUT2D eigenvalue weighted by molar-refractivity contribution is -0.240. The zero-order valence-corrected chi connectivity index (χ0v) is 17.8. The number of hydrogen-bond donors (Lipinski definition) is 3. The number of aliphatic hydroxyl groups is 3. The van der Waals surface area contributed by atoms with Gasteiger partial charge >= 0.3 is 17.9 Å². The molecule has 4 heterocycles. The minimum atomic E-state index is -2.26. The summed E-state index contributed by atoms with van der Waals surface area (Å²) < 4.78 is 22.8. The maximum Gasteiger partial charge on any atom is 0.343 e. The Kier molecular flexibility index (Phi) is 3.16. The number of hydrogen-bond acceptors (Lipinski definition) is 10. The molecule has 10 nitrogen and oxygen atoms in total. The lowest BCUT2D eigenvalue weighted by atomic mass is 9.50. The summed E-state index contributed by atoms with van der Waals surface area (Å²) in [6, 6.07) is 0. The Morgan fingerprint density at radius 1 is 0.935 bits per heavy atom. The second-order valence-electron chi connectivity index (χ2n) is 11.2. The zero-order chi connectivity index (χ0) is 22.7. The monoisotopic (exact) mass is 438 g/mol. The SMILES string of the molecule is C[C@@H]1C2OC(=O)C34OC5OC(=O)[C@H](O)C5([C@@H]1C(C)(C)C)[C@@]23[C@@H](O)[C@@H]1OC(=O)[C@@H](C)[C@@]14O. The smallest absolute Gasteiger partial charge is 0.343 e. The van der Waals surface area contributed by atoms with E-state index in [1.54, 1.807) is 0 Å². The molecule has 6 rings (SSSR count). The predicted molar refractivity (Wildman–Crippen MR) is 96.6 cm³/mol. The van der Waals surface area contributed by atoms with Gasteiger partial charge in [0.25, 0.3) is 0 Å². The first-order valence-electron chi connectivity index (χ1n) is 10.7. The van der Waals surface area contributed by atoms with Crippen LogP contribution in [0.15, 0.2) is 0 Å². The van der Waals surface area contributed by atoms with Crippen LogP contribution in [0, 0.1) is 34.0 Å². The molecule has 0 amide bonds. The molecule has 4 saturated heterocycles. The van der Waals surface area contributed by atoms with Crippen molar-refractivity contribution in [2.75, 3.05) is 0 Å². The highest BCUT2D eigenvalue weighted by atomic mass is 16.8. The fraction of sp³-hybridized carbons (Fsp3) is 0.857. The number of carbonyl (C=O) groups is 3. The van der Waals surface area contributed by atoms with Crippen molar-refractivity contribution in [2.45, 2.75) is 76.5 Å². The predicted octanol–water partition coefficient (Wildman–Crippen LogP) is -1.12. The molecule has 0 radical (unpaired) electrons. The highest BCUT2D eigenvalue weighted by molar-refractivity contribution is 5.94. The van der Waals surface area contributed by atoms with Crippen molar-refractivity contribution in [3.63, 3.8) is 0 Å². The Hall–Kier alpha value is -1.75. The van der Waals surface area contributed by atoms with E-state index in [4.69, 9.17) is 18.9 Å². The fourth-order valence-corrected chi connectivity index (χ4v) is 8.88. The van der Waals surface area contributed by atoms with Crippen LogP contribution in [0.25, 0.3) is 0 Å². The van der Waals surface area contributed by atoms with Crippen LogP contribution in [0.2, 0.25) is 0 Å². The number of rotatable bonds is 0. The molecule has 0 aromatic heterocycles. The number of aliphatic hydroxyl groups excluding tert-OH is 2. The molecule has 2 saturated carbocycles. The molecular formula is C21H26O10. The summed E-state index contributed by atoms with van der Waals surface area (Å²) in [4.78, 5) is 38.6. The van der Waals surface area contributed by atoms with Gasteiger partial charge < -0.3 is 34.3 Å². The number of fused-ring (bicyclic) bond motifs is 1. The Labute approximate surface area is 177 Å². The van der Waals surface area contributed by atoms with Crippen molar-refractivity contribution < 1.29 is 48.7 Å². The largest absolute Gasteiger partial charge is 0.459 e. The van der Waals surface area contributed by atoms with Crippen LogP contribution >= 0.6 is 0 Å². The molecule has 10 heteroatoms. The van der Waals surface area contributed by atoms with Gasteiger partial charge in [0.2, 0.25) is 11.9 Å². The first kappa shape index (κ1) is 19.9. The average molecular weight is 438 g/mol. The van der Waals surface area contributed by atoms with Crippen molar-refractivity contribution in [2.24, 2.45) is 34.0 Å². The molecule has 4 unspecified atom stereocenters. The van der Waals surface area contributed by atoms with Crippen LogP contribution in [0.1, 0.15) is 34.6 Å². The van der Waals surface area contributed by atoms with E-state index in [1.807, 2.05) is 27.7 Å². The molecular weight excluding hydrogens is 412 g/mol. The van der Waals surface area contributed by atoms with Crippen molar-refractivity contribution in [3.8, 4) is 0 Å². The van der Waals surface area contributed by atoms with E-state index >= 15 is 0 Å². The minimum Gasteiger partial charge on any atom is -0.459 e. The highest BCUT2D eigenvalue weighted by Crippen LogP contribution is 2.85. The maximum absolute atomic E-state index is 13.5. The molecule has 6 aliphatic rings. The molecule has 6 fully saturated rings. The fourth-order valence-electron chi connectivity index (χ4n) is 8.88. The van der Waals surface area contributed by atoms with Gasteiger partial charge in [-0.3, -0.25) is 4.79 Å². The van der Waals surface area contributed by atoms with Gasteiger partial charge in [0.1, 0.15) is 12.2 Å². The first-order chi connectivity index (χ1) is 14.3. The average Bonchev–Trinajstić information content (AvgIpc) is 3.35. The quantitative estimate of drug-likeness (QED) is 0.313. The van der Waals surface area contributed by atoms with E-state index in [-0.39, 0.29) is 0 Å². The van der Waals surface area contributed by atoms with E-state index in [0.29, 0.717) is 0 Å². The van der Waals surface area contributed by atoms with Gasteiger partial charge in [0, 0.05) is 0 Å². The standard InChI is InChI=1S/C21H26O10/c1-6-8(17(3,4)5)18-10(23)14(25)30-16(18)31-21-15(26)29-11(6)19(18,21)9(22)12-20(21,27)7(2)13(24)28-12/h6-12,16,22-23,27H,1-5H3/t6-,7+,8-,9-,10-,11?,12-,16?,18?,19+,20+,21?/m0/s1. The summed E-state index contributed by atoms with van der Waals surface area (Å²) in [5, 5.41) is 35.0. The third-order valence-electron chi connectivity index (χ3n) is 9.30. The summed E-state index contributed by atoms with van der Waals surface area (Å²) in [5.74, 6) is -4.79. The number of carbonyl (C=O) groups excluding carboxylic acids is 3. The zero-order valence-electron chi connectivity index (χ0n) is 17.8. The molecule has 4 aliphatic heterocycles. The van der Waals surface area contributed by atoms with Gasteiger partial charge in [-0.2, -0.15) is 0 Å². The Morgan fingerprint density at radius 2 is 1.58 bits per heavy atom. The molecule has 2 aliphatic carbocycles. The number of ether oxygens (including phenoxy) is 4. The lowest BCUT2D eigenvalue weighted by Crippen LogP contribution is -2.67. The molecule has 12 atom stereocenters. The van der Waals surface area contributed by atoms with E-state index < -0.39 is 93.8 Å². The second kappa shape index (κ2) is 4.93. The van der Waals surface area contributed by atoms with E-state index in [1.165, 1.54) is 6.92 Å². The van der Waals surface area contributed by atoms with Crippen LogP contribution in [0.4, 0.5) is 0 Å². The highest BCUT2D eigenvalue weighted by Gasteiger charge is 3.04. The molecule has 31 heavy (non-hydrogen) atoms. The summed E-state index contributed by atoms with van der Waals surface area (Å²) in [5.41, 5.74) is -8.38. The van der Waals surface area contributed by atoms with Gasteiger partial charge in [0.15, 0.2) is 17.8 Å².